The van der Waals surface area contributed by atoms with Crippen LogP contribution in [0, 0.1) is 0 Å². The van der Waals surface area contributed by atoms with E-state index in [2.05, 4.69) is 36.2 Å². The Bertz CT molecular complexity index is 898. The number of aromatic hydroxyl groups is 1. The van der Waals surface area contributed by atoms with Gasteiger partial charge in [0.25, 0.3) is 0 Å². The molecule has 0 bridgehead atoms. The zero-order valence-electron chi connectivity index (χ0n) is 19.4. The maximum atomic E-state index is 11.1. The molecule has 1 heterocycles. The summed E-state index contributed by atoms with van der Waals surface area (Å²) in [6, 6.07) is 12.1. The number of aromatic nitrogens is 3. The molecular formula is C27H39N3O. The third-order valence-electron chi connectivity index (χ3n) is 6.10. The lowest BCUT2D eigenvalue weighted by Gasteiger charge is -2.13. The van der Waals surface area contributed by atoms with E-state index in [0.717, 1.165) is 35.9 Å². The number of benzene rings is 2. The fourth-order valence-electron chi connectivity index (χ4n) is 4.23. The zero-order valence-corrected chi connectivity index (χ0v) is 19.4. The van der Waals surface area contributed by atoms with Crippen LogP contribution < -0.4 is 0 Å². The average molecular weight is 422 g/mol. The summed E-state index contributed by atoms with van der Waals surface area (Å²) in [5, 5.41) is 20.3. The molecular weight excluding hydrogens is 382 g/mol. The Morgan fingerprint density at radius 1 is 0.710 bits per heavy atom. The standard InChI is InChI=1S/C27H39N3O/c1-3-5-7-8-9-10-11-13-17-23-20-22(16-12-6-4-2)21-26(27(23)31)30-28-24-18-14-15-19-25(24)29-30/h14-15,18-21,31H,3-13,16-17H2,1-2H3. The van der Waals surface area contributed by atoms with Crippen LogP contribution in [0.25, 0.3) is 16.7 Å². The molecule has 2 aromatic carbocycles. The number of nitrogens with zero attached hydrogens (tertiary/aromatic N) is 3. The molecule has 4 nitrogen and oxygen atoms in total. The summed E-state index contributed by atoms with van der Waals surface area (Å²) in [7, 11) is 0. The summed E-state index contributed by atoms with van der Waals surface area (Å²) in [6.07, 6.45) is 15.9. The van der Waals surface area contributed by atoms with Crippen molar-refractivity contribution in [3.63, 3.8) is 0 Å². The van der Waals surface area contributed by atoms with Crippen LogP contribution in [-0.2, 0) is 12.8 Å². The van der Waals surface area contributed by atoms with Crippen molar-refractivity contribution in [2.24, 2.45) is 0 Å². The van der Waals surface area contributed by atoms with Gasteiger partial charge in [-0.25, -0.2) is 0 Å². The summed E-state index contributed by atoms with van der Waals surface area (Å²) in [4.78, 5) is 1.61. The lowest BCUT2D eigenvalue weighted by atomic mass is 9.98. The van der Waals surface area contributed by atoms with Crippen LogP contribution in [-0.4, -0.2) is 20.1 Å². The van der Waals surface area contributed by atoms with E-state index in [0.29, 0.717) is 11.4 Å². The van der Waals surface area contributed by atoms with Gasteiger partial charge in [-0.3, -0.25) is 0 Å². The van der Waals surface area contributed by atoms with E-state index in [-0.39, 0.29) is 0 Å². The maximum Gasteiger partial charge on any atom is 0.146 e. The average Bonchev–Trinajstić information content (AvgIpc) is 3.21. The molecule has 0 aliphatic heterocycles. The number of aryl methyl sites for hydroxylation is 2. The zero-order chi connectivity index (χ0) is 21.9. The van der Waals surface area contributed by atoms with Crippen molar-refractivity contribution in [1.29, 1.82) is 0 Å². The molecule has 3 aromatic rings. The number of phenolic OH excluding ortho intramolecular Hbond substituents is 1. The van der Waals surface area contributed by atoms with E-state index < -0.39 is 0 Å². The summed E-state index contributed by atoms with van der Waals surface area (Å²) in [5.41, 5.74) is 4.72. The molecule has 168 valence electrons. The van der Waals surface area contributed by atoms with Gasteiger partial charge in [0, 0.05) is 0 Å². The topological polar surface area (TPSA) is 50.9 Å². The second-order valence-electron chi connectivity index (χ2n) is 8.78. The SMILES string of the molecule is CCCCCCCCCCc1cc(CCCCC)cc(-n2nc3ccccc3n2)c1O. The molecule has 0 unspecified atom stereocenters. The highest BCUT2D eigenvalue weighted by molar-refractivity contribution is 5.73. The molecule has 31 heavy (non-hydrogen) atoms. The smallest absolute Gasteiger partial charge is 0.146 e. The van der Waals surface area contributed by atoms with Crippen molar-refractivity contribution in [3.8, 4) is 11.4 Å². The lowest BCUT2D eigenvalue weighted by molar-refractivity contribution is 0.458. The molecule has 1 aromatic heterocycles. The number of fused-ring (bicyclic) bond motifs is 1. The minimum Gasteiger partial charge on any atom is -0.505 e. The van der Waals surface area contributed by atoms with E-state index in [1.54, 1.807) is 4.80 Å². The van der Waals surface area contributed by atoms with Crippen LogP contribution in [0.2, 0.25) is 0 Å². The summed E-state index contributed by atoms with van der Waals surface area (Å²) >= 11 is 0. The molecule has 4 heteroatoms. The summed E-state index contributed by atoms with van der Waals surface area (Å²) in [5.74, 6) is 0.336. The molecule has 0 saturated heterocycles. The highest BCUT2D eigenvalue weighted by Crippen LogP contribution is 2.30. The van der Waals surface area contributed by atoms with Gasteiger partial charge >= 0.3 is 0 Å². The number of rotatable bonds is 14. The van der Waals surface area contributed by atoms with Gasteiger partial charge in [0.2, 0.25) is 0 Å². The summed E-state index contributed by atoms with van der Waals surface area (Å²) < 4.78 is 0. The Morgan fingerprint density at radius 2 is 1.26 bits per heavy atom. The van der Waals surface area contributed by atoms with Gasteiger partial charge in [-0.1, -0.05) is 89.8 Å². The molecule has 0 fully saturated rings. The lowest BCUT2D eigenvalue weighted by Crippen LogP contribution is -2.03. The van der Waals surface area contributed by atoms with Crippen molar-refractivity contribution in [1.82, 2.24) is 15.0 Å². The van der Waals surface area contributed by atoms with Gasteiger partial charge in [-0.2, -0.15) is 0 Å². The number of unbranched alkanes of at least 4 members (excludes halogenated alkanes) is 9. The van der Waals surface area contributed by atoms with Crippen molar-refractivity contribution in [2.45, 2.75) is 97.3 Å². The Kier molecular flexibility index (Phi) is 9.39. The van der Waals surface area contributed by atoms with Crippen molar-refractivity contribution in [3.05, 3.63) is 47.5 Å². The van der Waals surface area contributed by atoms with E-state index in [1.165, 1.54) is 69.8 Å². The Morgan fingerprint density at radius 3 is 1.90 bits per heavy atom. The maximum absolute atomic E-state index is 11.1. The fourth-order valence-corrected chi connectivity index (χ4v) is 4.23. The van der Waals surface area contributed by atoms with Crippen molar-refractivity contribution >= 4 is 11.0 Å². The highest BCUT2D eigenvalue weighted by atomic mass is 16.3. The Labute approximate surface area is 187 Å². The number of phenols is 1. The first-order chi connectivity index (χ1) is 15.2. The molecule has 0 spiro atoms. The van der Waals surface area contributed by atoms with Gasteiger partial charge in [0.05, 0.1) is 0 Å². The predicted octanol–water partition coefficient (Wildman–Crippen LogP) is 7.54. The van der Waals surface area contributed by atoms with E-state index in [9.17, 15) is 5.11 Å². The second-order valence-corrected chi connectivity index (χ2v) is 8.78. The minimum atomic E-state index is 0.336. The fraction of sp³-hybridized carbons (Fsp3) is 0.556. The third kappa shape index (κ3) is 6.81. The number of hydrogen-bond donors (Lipinski definition) is 1. The minimum absolute atomic E-state index is 0.336. The van der Waals surface area contributed by atoms with Gasteiger partial charge in [-0.15, -0.1) is 15.0 Å². The molecule has 0 atom stereocenters. The van der Waals surface area contributed by atoms with E-state index in [1.807, 2.05) is 24.3 Å². The van der Waals surface area contributed by atoms with Crippen LogP contribution in [0.15, 0.2) is 36.4 Å². The first-order valence-electron chi connectivity index (χ1n) is 12.4. The third-order valence-corrected chi connectivity index (χ3v) is 6.10. The van der Waals surface area contributed by atoms with Gasteiger partial charge < -0.3 is 5.11 Å². The second kappa shape index (κ2) is 12.5. The molecule has 0 amide bonds. The monoisotopic (exact) mass is 421 g/mol. The van der Waals surface area contributed by atoms with E-state index in [4.69, 9.17) is 0 Å². The molecule has 1 N–H and O–H groups in total. The van der Waals surface area contributed by atoms with Crippen LogP contribution >= 0.6 is 0 Å². The molecule has 0 radical (unpaired) electrons. The van der Waals surface area contributed by atoms with Gasteiger partial charge in [0.1, 0.15) is 22.5 Å². The molecule has 3 rings (SSSR count). The van der Waals surface area contributed by atoms with Gasteiger partial charge in [-0.05, 0) is 55.0 Å². The van der Waals surface area contributed by atoms with Crippen LogP contribution in [0.1, 0.15) is 95.6 Å². The summed E-state index contributed by atoms with van der Waals surface area (Å²) in [6.45, 7) is 4.49. The Hall–Kier alpha value is -2.36. The normalized spacial score (nSPS) is 11.4. The molecule has 0 aliphatic rings. The van der Waals surface area contributed by atoms with Crippen molar-refractivity contribution in [2.75, 3.05) is 0 Å². The van der Waals surface area contributed by atoms with Crippen LogP contribution in [0.3, 0.4) is 0 Å². The largest absolute Gasteiger partial charge is 0.505 e. The first-order valence-corrected chi connectivity index (χ1v) is 12.4. The van der Waals surface area contributed by atoms with Crippen LogP contribution in [0.4, 0.5) is 0 Å². The quantitative estimate of drug-likeness (QED) is 0.273. The Balaban J connectivity index is 1.71. The predicted molar refractivity (Wildman–Crippen MR) is 130 cm³/mol. The molecule has 0 aliphatic carbocycles. The molecule has 0 saturated carbocycles. The first kappa shape index (κ1) is 23.3. The van der Waals surface area contributed by atoms with Crippen molar-refractivity contribution < 1.29 is 5.11 Å². The van der Waals surface area contributed by atoms with Gasteiger partial charge in [0.15, 0.2) is 0 Å². The van der Waals surface area contributed by atoms with E-state index >= 15 is 0 Å². The highest BCUT2D eigenvalue weighted by Gasteiger charge is 2.14. The number of hydrogen-bond acceptors (Lipinski definition) is 3. The van der Waals surface area contributed by atoms with Crippen LogP contribution in [0.5, 0.6) is 5.75 Å².